The molecule has 7 heteroatoms. The standard InChI is InChI=1S/C22H19BrClNO4/c23-16-9-10-21(20(24)13-16)29-15-22(26)25-17-5-4-8-19(14-17)28-12-11-27-18-6-2-1-3-7-18/h1-10,13-14H,11-12,15H2,(H,25,26). The summed E-state index contributed by atoms with van der Waals surface area (Å²) in [5.74, 6) is 1.58. The van der Waals surface area contributed by atoms with Gasteiger partial charge in [-0.3, -0.25) is 4.79 Å². The van der Waals surface area contributed by atoms with E-state index in [9.17, 15) is 4.79 Å². The number of nitrogens with one attached hydrogen (secondary N) is 1. The average molecular weight is 477 g/mol. The number of rotatable bonds is 9. The molecule has 1 N–H and O–H groups in total. The first-order valence-electron chi connectivity index (χ1n) is 8.88. The molecule has 29 heavy (non-hydrogen) atoms. The molecule has 150 valence electrons. The highest BCUT2D eigenvalue weighted by Gasteiger charge is 2.07. The molecule has 0 spiro atoms. The number of benzene rings is 3. The fraction of sp³-hybridized carbons (Fsp3) is 0.136. The van der Waals surface area contributed by atoms with Crippen molar-refractivity contribution in [2.75, 3.05) is 25.1 Å². The van der Waals surface area contributed by atoms with Crippen LogP contribution in [0.5, 0.6) is 17.2 Å². The fourth-order valence-corrected chi connectivity index (χ4v) is 3.16. The first-order chi connectivity index (χ1) is 14.1. The summed E-state index contributed by atoms with van der Waals surface area (Å²) in [5, 5.41) is 3.20. The van der Waals surface area contributed by atoms with E-state index in [0.29, 0.717) is 35.4 Å². The Balaban J connectivity index is 1.44. The highest BCUT2D eigenvalue weighted by molar-refractivity contribution is 9.10. The fourth-order valence-electron chi connectivity index (χ4n) is 2.43. The van der Waals surface area contributed by atoms with Gasteiger partial charge in [0.25, 0.3) is 5.91 Å². The topological polar surface area (TPSA) is 56.8 Å². The summed E-state index contributed by atoms with van der Waals surface area (Å²) in [6.07, 6.45) is 0. The molecule has 0 atom stereocenters. The summed E-state index contributed by atoms with van der Waals surface area (Å²) in [5.41, 5.74) is 0.613. The normalized spacial score (nSPS) is 10.3. The van der Waals surface area contributed by atoms with E-state index in [1.165, 1.54) is 0 Å². The number of anilines is 1. The zero-order valence-corrected chi connectivity index (χ0v) is 17.8. The quantitative estimate of drug-likeness (QED) is 0.410. The van der Waals surface area contributed by atoms with Crippen LogP contribution in [0.2, 0.25) is 5.02 Å². The molecular weight excluding hydrogens is 458 g/mol. The molecule has 0 heterocycles. The molecule has 0 saturated carbocycles. The molecule has 0 fully saturated rings. The first-order valence-corrected chi connectivity index (χ1v) is 10.1. The number of para-hydroxylation sites is 1. The molecule has 0 bridgehead atoms. The lowest BCUT2D eigenvalue weighted by molar-refractivity contribution is -0.118. The van der Waals surface area contributed by atoms with E-state index in [1.54, 1.807) is 36.4 Å². The first kappa shape index (κ1) is 21.0. The molecule has 0 aliphatic rings. The summed E-state index contributed by atoms with van der Waals surface area (Å²) in [6.45, 7) is 0.650. The Labute approximate surface area is 182 Å². The number of amides is 1. The maximum Gasteiger partial charge on any atom is 0.262 e. The van der Waals surface area contributed by atoms with Crippen LogP contribution < -0.4 is 19.5 Å². The smallest absolute Gasteiger partial charge is 0.262 e. The number of hydrogen-bond acceptors (Lipinski definition) is 4. The van der Waals surface area contributed by atoms with Crippen LogP contribution in [-0.2, 0) is 4.79 Å². The largest absolute Gasteiger partial charge is 0.490 e. The van der Waals surface area contributed by atoms with Gasteiger partial charge in [0, 0.05) is 16.2 Å². The van der Waals surface area contributed by atoms with Crippen LogP contribution in [0.4, 0.5) is 5.69 Å². The second-order valence-electron chi connectivity index (χ2n) is 5.95. The van der Waals surface area contributed by atoms with Crippen LogP contribution in [-0.4, -0.2) is 25.7 Å². The van der Waals surface area contributed by atoms with Gasteiger partial charge in [-0.1, -0.05) is 51.8 Å². The van der Waals surface area contributed by atoms with Crippen LogP contribution in [0.25, 0.3) is 0 Å². The lowest BCUT2D eigenvalue weighted by Crippen LogP contribution is -2.20. The third-order valence-corrected chi connectivity index (χ3v) is 4.52. The monoisotopic (exact) mass is 475 g/mol. The minimum atomic E-state index is -0.298. The van der Waals surface area contributed by atoms with Crippen molar-refractivity contribution in [2.45, 2.75) is 0 Å². The second kappa shape index (κ2) is 10.7. The zero-order valence-electron chi connectivity index (χ0n) is 15.4. The van der Waals surface area contributed by atoms with Crippen LogP contribution in [0.15, 0.2) is 77.3 Å². The van der Waals surface area contributed by atoms with Gasteiger partial charge >= 0.3 is 0 Å². The molecule has 3 rings (SSSR count). The van der Waals surface area contributed by atoms with Gasteiger partial charge in [-0.25, -0.2) is 0 Å². The minimum absolute atomic E-state index is 0.155. The Kier molecular flexibility index (Phi) is 7.78. The van der Waals surface area contributed by atoms with E-state index in [-0.39, 0.29) is 12.5 Å². The van der Waals surface area contributed by atoms with E-state index in [4.69, 9.17) is 25.8 Å². The third-order valence-electron chi connectivity index (χ3n) is 3.73. The molecule has 3 aromatic carbocycles. The van der Waals surface area contributed by atoms with Crippen molar-refractivity contribution in [2.24, 2.45) is 0 Å². The molecule has 0 aliphatic carbocycles. The van der Waals surface area contributed by atoms with Crippen LogP contribution in [0.3, 0.4) is 0 Å². The number of carbonyl (C=O) groups excluding carboxylic acids is 1. The van der Waals surface area contributed by atoms with Gasteiger partial charge in [-0.15, -0.1) is 0 Å². The van der Waals surface area contributed by atoms with Crippen molar-refractivity contribution in [1.82, 2.24) is 0 Å². The predicted octanol–water partition coefficient (Wildman–Crippen LogP) is 5.58. The summed E-state index contributed by atoms with van der Waals surface area (Å²) in [4.78, 5) is 12.1. The molecule has 0 aliphatic heterocycles. The van der Waals surface area contributed by atoms with Crippen molar-refractivity contribution in [1.29, 1.82) is 0 Å². The van der Waals surface area contributed by atoms with E-state index in [0.717, 1.165) is 10.2 Å². The van der Waals surface area contributed by atoms with Crippen LogP contribution in [0.1, 0.15) is 0 Å². The molecule has 0 aromatic heterocycles. The van der Waals surface area contributed by atoms with Gasteiger partial charge in [0.15, 0.2) is 6.61 Å². The summed E-state index contributed by atoms with van der Waals surface area (Å²) >= 11 is 9.40. The summed E-state index contributed by atoms with van der Waals surface area (Å²) in [6, 6.07) is 21.9. The highest BCUT2D eigenvalue weighted by Crippen LogP contribution is 2.27. The Morgan fingerprint density at radius 3 is 2.34 bits per heavy atom. The van der Waals surface area contributed by atoms with Crippen molar-refractivity contribution in [3.63, 3.8) is 0 Å². The SMILES string of the molecule is O=C(COc1ccc(Br)cc1Cl)Nc1cccc(OCCOc2ccccc2)c1. The highest BCUT2D eigenvalue weighted by atomic mass is 79.9. The van der Waals surface area contributed by atoms with Crippen molar-refractivity contribution in [3.05, 3.63) is 82.3 Å². The van der Waals surface area contributed by atoms with E-state index in [1.807, 2.05) is 36.4 Å². The van der Waals surface area contributed by atoms with Gasteiger partial charge in [0.05, 0.1) is 5.02 Å². The van der Waals surface area contributed by atoms with Crippen LogP contribution >= 0.6 is 27.5 Å². The molecular formula is C22H19BrClNO4. The summed E-state index contributed by atoms with van der Waals surface area (Å²) in [7, 11) is 0. The molecule has 0 unspecified atom stereocenters. The molecule has 3 aromatic rings. The third kappa shape index (κ3) is 7.00. The van der Waals surface area contributed by atoms with Gasteiger partial charge in [-0.2, -0.15) is 0 Å². The lowest BCUT2D eigenvalue weighted by Gasteiger charge is -2.11. The molecule has 0 saturated heterocycles. The van der Waals surface area contributed by atoms with E-state index < -0.39 is 0 Å². The van der Waals surface area contributed by atoms with Crippen LogP contribution in [0, 0.1) is 0 Å². The van der Waals surface area contributed by atoms with Gasteiger partial charge in [-0.05, 0) is 42.5 Å². The van der Waals surface area contributed by atoms with E-state index >= 15 is 0 Å². The Morgan fingerprint density at radius 2 is 1.59 bits per heavy atom. The van der Waals surface area contributed by atoms with Crippen molar-refractivity contribution in [3.8, 4) is 17.2 Å². The maximum atomic E-state index is 12.1. The number of ether oxygens (including phenoxy) is 3. The minimum Gasteiger partial charge on any atom is -0.490 e. The van der Waals surface area contributed by atoms with Crippen molar-refractivity contribution < 1.29 is 19.0 Å². The number of hydrogen-bond donors (Lipinski definition) is 1. The lowest BCUT2D eigenvalue weighted by atomic mass is 10.3. The number of halogens is 2. The number of carbonyl (C=O) groups is 1. The Bertz CT molecular complexity index is 953. The second-order valence-corrected chi connectivity index (χ2v) is 7.27. The maximum absolute atomic E-state index is 12.1. The molecule has 0 radical (unpaired) electrons. The van der Waals surface area contributed by atoms with E-state index in [2.05, 4.69) is 21.2 Å². The summed E-state index contributed by atoms with van der Waals surface area (Å²) < 4.78 is 17.6. The average Bonchev–Trinajstić information content (AvgIpc) is 2.72. The Morgan fingerprint density at radius 1 is 0.862 bits per heavy atom. The Hall–Kier alpha value is -2.70. The van der Waals surface area contributed by atoms with Gasteiger partial charge in [0.1, 0.15) is 30.5 Å². The van der Waals surface area contributed by atoms with Crippen molar-refractivity contribution >= 4 is 39.1 Å². The van der Waals surface area contributed by atoms with Gasteiger partial charge < -0.3 is 19.5 Å². The zero-order chi connectivity index (χ0) is 20.5. The molecule has 5 nitrogen and oxygen atoms in total. The molecule has 1 amide bonds. The predicted molar refractivity (Wildman–Crippen MR) is 117 cm³/mol. The van der Waals surface area contributed by atoms with Gasteiger partial charge in [0.2, 0.25) is 0 Å².